The fourth-order valence-electron chi connectivity index (χ4n) is 0.999. The van der Waals surface area contributed by atoms with Gasteiger partial charge < -0.3 is 9.84 Å². The fourth-order valence-corrected chi connectivity index (χ4v) is 0.999. The van der Waals surface area contributed by atoms with Gasteiger partial charge in [0.15, 0.2) is 0 Å². The second kappa shape index (κ2) is 5.22. The number of esters is 1. The number of aliphatic hydroxyl groups is 1. The second-order valence-electron chi connectivity index (χ2n) is 3.25. The Balaban J connectivity index is 2.67. The van der Waals surface area contributed by atoms with Crippen molar-refractivity contribution in [3.63, 3.8) is 0 Å². The number of aliphatic hydroxyl groups excluding tert-OH is 1. The summed E-state index contributed by atoms with van der Waals surface area (Å²) in [6, 6.07) is 5.06. The number of non-ortho nitro benzene ring substituents is 1. The van der Waals surface area contributed by atoms with Crippen LogP contribution in [0.1, 0.15) is 17.3 Å². The summed E-state index contributed by atoms with van der Waals surface area (Å²) in [4.78, 5) is 21.1. The van der Waals surface area contributed by atoms with Gasteiger partial charge in [-0.2, -0.15) is 0 Å². The molecule has 0 bridgehead atoms. The monoisotopic (exact) mass is 225 g/mol. The van der Waals surface area contributed by atoms with E-state index < -0.39 is 17.0 Å². The largest absolute Gasteiger partial charge is 0.459 e. The van der Waals surface area contributed by atoms with Crippen LogP contribution in [0.2, 0.25) is 0 Å². The van der Waals surface area contributed by atoms with Crippen LogP contribution in [-0.2, 0) is 4.74 Å². The van der Waals surface area contributed by atoms with Gasteiger partial charge in [0.2, 0.25) is 0 Å². The molecule has 6 nitrogen and oxygen atoms in total. The Bertz CT molecular complexity index is 385. The molecule has 1 atom stereocenters. The normalized spacial score (nSPS) is 11.9. The van der Waals surface area contributed by atoms with Crippen LogP contribution >= 0.6 is 0 Å². The molecule has 0 aliphatic heterocycles. The summed E-state index contributed by atoms with van der Waals surface area (Å²) in [5, 5.41) is 19.3. The first-order valence-corrected chi connectivity index (χ1v) is 4.60. The van der Waals surface area contributed by atoms with Gasteiger partial charge in [0.1, 0.15) is 6.61 Å². The van der Waals surface area contributed by atoms with Crippen LogP contribution in [0.3, 0.4) is 0 Å². The predicted molar refractivity (Wildman–Crippen MR) is 55.1 cm³/mol. The van der Waals surface area contributed by atoms with Crippen molar-refractivity contribution in [1.29, 1.82) is 0 Å². The number of nitrogens with zero attached hydrogens (tertiary/aromatic N) is 1. The molecule has 0 amide bonds. The zero-order chi connectivity index (χ0) is 12.1. The van der Waals surface area contributed by atoms with Crippen molar-refractivity contribution in [2.24, 2.45) is 0 Å². The highest BCUT2D eigenvalue weighted by Gasteiger charge is 2.11. The molecule has 1 aromatic carbocycles. The van der Waals surface area contributed by atoms with Gasteiger partial charge in [-0.25, -0.2) is 4.79 Å². The molecule has 0 aliphatic carbocycles. The summed E-state index contributed by atoms with van der Waals surface area (Å²) < 4.78 is 4.73. The third-order valence-corrected chi connectivity index (χ3v) is 1.77. The molecule has 6 heteroatoms. The van der Waals surface area contributed by atoms with E-state index in [0.717, 1.165) is 0 Å². The Labute approximate surface area is 91.6 Å². The summed E-state index contributed by atoms with van der Waals surface area (Å²) in [6.07, 6.45) is -0.734. The molecule has 1 aromatic rings. The lowest BCUT2D eigenvalue weighted by Crippen LogP contribution is -2.15. The molecule has 0 radical (unpaired) electrons. The summed E-state index contributed by atoms with van der Waals surface area (Å²) in [5.41, 5.74) is 0.123. The standard InChI is InChI=1S/C10H11NO5/c1-7(12)6-16-10(13)8-2-4-9(5-3-8)11(14)15/h2-5,7,12H,6H2,1H3/t7-/m1/s1. The van der Waals surface area contributed by atoms with Gasteiger partial charge >= 0.3 is 5.97 Å². The van der Waals surface area contributed by atoms with Gasteiger partial charge in [0.05, 0.1) is 16.6 Å². The molecule has 0 saturated carbocycles. The zero-order valence-electron chi connectivity index (χ0n) is 8.62. The third kappa shape index (κ3) is 3.32. The van der Waals surface area contributed by atoms with Gasteiger partial charge in [-0.15, -0.1) is 0 Å². The lowest BCUT2D eigenvalue weighted by atomic mass is 10.2. The highest BCUT2D eigenvalue weighted by atomic mass is 16.6. The van der Waals surface area contributed by atoms with E-state index in [1.807, 2.05) is 0 Å². The van der Waals surface area contributed by atoms with E-state index in [2.05, 4.69) is 0 Å². The Kier molecular flexibility index (Phi) is 3.96. The highest BCUT2D eigenvalue weighted by Crippen LogP contribution is 2.12. The van der Waals surface area contributed by atoms with E-state index in [1.165, 1.54) is 31.2 Å². The average Bonchev–Trinajstić information content (AvgIpc) is 2.26. The van der Waals surface area contributed by atoms with Gasteiger partial charge in [0, 0.05) is 12.1 Å². The van der Waals surface area contributed by atoms with Crippen molar-refractivity contribution in [3.05, 3.63) is 39.9 Å². The Morgan fingerprint density at radius 1 is 1.50 bits per heavy atom. The van der Waals surface area contributed by atoms with Crippen molar-refractivity contribution in [3.8, 4) is 0 Å². The molecule has 0 unspecified atom stereocenters. The van der Waals surface area contributed by atoms with Gasteiger partial charge in [0.25, 0.3) is 5.69 Å². The smallest absolute Gasteiger partial charge is 0.338 e. The topological polar surface area (TPSA) is 89.7 Å². The van der Waals surface area contributed by atoms with Crippen LogP contribution in [-0.4, -0.2) is 28.7 Å². The highest BCUT2D eigenvalue weighted by molar-refractivity contribution is 5.89. The van der Waals surface area contributed by atoms with Crippen LogP contribution in [0.5, 0.6) is 0 Å². The molecule has 0 aromatic heterocycles. The number of ether oxygens (including phenoxy) is 1. The molecule has 1 rings (SSSR count). The minimum Gasteiger partial charge on any atom is -0.459 e. The van der Waals surface area contributed by atoms with Crippen molar-refractivity contribution >= 4 is 11.7 Å². The number of nitro benzene ring substituents is 1. The quantitative estimate of drug-likeness (QED) is 0.471. The van der Waals surface area contributed by atoms with E-state index >= 15 is 0 Å². The Morgan fingerprint density at radius 2 is 2.06 bits per heavy atom. The van der Waals surface area contributed by atoms with Gasteiger partial charge in [-0.1, -0.05) is 0 Å². The number of carbonyl (C=O) groups excluding carboxylic acids is 1. The maximum Gasteiger partial charge on any atom is 0.338 e. The molecule has 0 fully saturated rings. The van der Waals surface area contributed by atoms with Crippen LogP contribution in [0.4, 0.5) is 5.69 Å². The van der Waals surface area contributed by atoms with Crippen LogP contribution in [0.15, 0.2) is 24.3 Å². The lowest BCUT2D eigenvalue weighted by molar-refractivity contribution is -0.384. The zero-order valence-corrected chi connectivity index (χ0v) is 8.62. The maximum absolute atomic E-state index is 11.3. The number of hydrogen-bond donors (Lipinski definition) is 1. The van der Waals surface area contributed by atoms with E-state index in [0.29, 0.717) is 0 Å². The molecular weight excluding hydrogens is 214 g/mol. The number of benzene rings is 1. The minimum atomic E-state index is -0.734. The van der Waals surface area contributed by atoms with E-state index in [-0.39, 0.29) is 17.9 Å². The molecule has 0 heterocycles. The van der Waals surface area contributed by atoms with Crippen LogP contribution in [0.25, 0.3) is 0 Å². The summed E-state index contributed by atoms with van der Waals surface area (Å²) >= 11 is 0. The number of carbonyl (C=O) groups is 1. The fraction of sp³-hybridized carbons (Fsp3) is 0.300. The molecule has 0 spiro atoms. The van der Waals surface area contributed by atoms with E-state index in [9.17, 15) is 14.9 Å². The van der Waals surface area contributed by atoms with Crippen LogP contribution < -0.4 is 0 Å². The molecule has 0 aliphatic rings. The van der Waals surface area contributed by atoms with E-state index in [4.69, 9.17) is 9.84 Å². The SMILES string of the molecule is C[C@@H](O)COC(=O)c1ccc([N+](=O)[O-])cc1. The number of rotatable bonds is 4. The molecule has 1 N–H and O–H groups in total. The first-order chi connectivity index (χ1) is 7.50. The van der Waals surface area contributed by atoms with Crippen molar-refractivity contribution in [1.82, 2.24) is 0 Å². The Morgan fingerprint density at radius 3 is 2.50 bits per heavy atom. The van der Waals surface area contributed by atoms with E-state index in [1.54, 1.807) is 0 Å². The maximum atomic E-state index is 11.3. The molecular formula is C10H11NO5. The Hall–Kier alpha value is -1.95. The number of hydrogen-bond acceptors (Lipinski definition) is 5. The van der Waals surface area contributed by atoms with Crippen molar-refractivity contribution in [2.75, 3.05) is 6.61 Å². The lowest BCUT2D eigenvalue weighted by Gasteiger charge is -2.06. The summed E-state index contributed by atoms with van der Waals surface area (Å²) in [6.45, 7) is 1.39. The summed E-state index contributed by atoms with van der Waals surface area (Å²) in [7, 11) is 0. The molecule has 86 valence electrons. The van der Waals surface area contributed by atoms with Crippen molar-refractivity contribution in [2.45, 2.75) is 13.0 Å². The minimum absolute atomic E-state index is 0.0907. The molecule has 16 heavy (non-hydrogen) atoms. The van der Waals surface area contributed by atoms with Gasteiger partial charge in [-0.05, 0) is 19.1 Å². The first kappa shape index (κ1) is 12.1. The predicted octanol–water partition coefficient (Wildman–Crippen LogP) is 1.13. The first-order valence-electron chi connectivity index (χ1n) is 4.60. The average molecular weight is 225 g/mol. The number of nitro groups is 1. The van der Waals surface area contributed by atoms with Crippen LogP contribution in [0, 0.1) is 10.1 Å². The summed E-state index contributed by atoms with van der Waals surface area (Å²) in [5.74, 6) is -0.615. The second-order valence-corrected chi connectivity index (χ2v) is 3.25. The van der Waals surface area contributed by atoms with Gasteiger partial charge in [-0.3, -0.25) is 10.1 Å². The molecule has 0 saturated heterocycles. The van der Waals surface area contributed by atoms with Crippen molar-refractivity contribution < 1.29 is 19.6 Å². The third-order valence-electron chi connectivity index (χ3n) is 1.77.